The average molecular weight is 258 g/mol. The molecule has 1 aromatic rings. The molecule has 6 heteroatoms. The van der Waals surface area contributed by atoms with Crippen LogP contribution in [-0.2, 0) is 15.7 Å². The summed E-state index contributed by atoms with van der Waals surface area (Å²) in [6.07, 6.45) is 0. The Kier molecular flexibility index (Phi) is 4.60. The number of carbonyl (C=O) groups excluding carboxylic acids is 1. The molecule has 0 unspecified atom stereocenters. The molecule has 0 aliphatic heterocycles. The Morgan fingerprint density at radius 2 is 1.94 bits per heavy atom. The van der Waals surface area contributed by atoms with Gasteiger partial charge < -0.3 is 9.79 Å². The molecule has 17 heavy (non-hydrogen) atoms. The van der Waals surface area contributed by atoms with Crippen molar-refractivity contribution in [2.75, 3.05) is 0 Å². The quantitative estimate of drug-likeness (QED) is 0.624. The lowest BCUT2D eigenvalue weighted by Gasteiger charge is -2.11. The normalized spacial score (nSPS) is 11.8. The summed E-state index contributed by atoms with van der Waals surface area (Å²) in [7, 11) is -4.52. The van der Waals surface area contributed by atoms with Gasteiger partial charge in [-0.3, -0.25) is 9.32 Å². The predicted molar refractivity (Wildman–Crippen MR) is 62.4 cm³/mol. The van der Waals surface area contributed by atoms with E-state index < -0.39 is 7.82 Å². The Hall–Kier alpha value is -1.00. The van der Waals surface area contributed by atoms with Gasteiger partial charge in [-0.2, -0.15) is 0 Å². The molecule has 0 heterocycles. The summed E-state index contributed by atoms with van der Waals surface area (Å²) in [4.78, 5) is 29.1. The minimum Gasteiger partial charge on any atom is -0.303 e. The molecule has 5 nitrogen and oxygen atoms in total. The van der Waals surface area contributed by atoms with Crippen LogP contribution in [0.4, 0.5) is 0 Å². The number of rotatable bonds is 5. The van der Waals surface area contributed by atoms with Crippen molar-refractivity contribution < 1.29 is 23.7 Å². The van der Waals surface area contributed by atoms with Crippen molar-refractivity contribution >= 4 is 13.6 Å². The van der Waals surface area contributed by atoms with Gasteiger partial charge in [0.05, 0.1) is 6.61 Å². The second kappa shape index (κ2) is 5.56. The number of hydrogen-bond donors (Lipinski definition) is 2. The van der Waals surface area contributed by atoms with Crippen LogP contribution in [-0.4, -0.2) is 15.6 Å². The Morgan fingerprint density at radius 1 is 1.35 bits per heavy atom. The molecule has 0 amide bonds. The smallest absolute Gasteiger partial charge is 0.303 e. The van der Waals surface area contributed by atoms with Crippen molar-refractivity contribution in [3.63, 3.8) is 0 Å². The van der Waals surface area contributed by atoms with Crippen molar-refractivity contribution in [2.45, 2.75) is 20.5 Å². The van der Waals surface area contributed by atoms with Crippen molar-refractivity contribution in [1.29, 1.82) is 0 Å². The van der Waals surface area contributed by atoms with Crippen LogP contribution >= 0.6 is 7.82 Å². The number of phosphoric acid groups is 1. The molecule has 0 radical (unpaired) electrons. The highest BCUT2D eigenvalue weighted by molar-refractivity contribution is 7.46. The first-order chi connectivity index (χ1) is 7.81. The Balaban J connectivity index is 2.93. The largest absolute Gasteiger partial charge is 0.469 e. The molecule has 0 fully saturated rings. The minimum atomic E-state index is -4.52. The fourth-order valence-electron chi connectivity index (χ4n) is 1.35. The van der Waals surface area contributed by atoms with Gasteiger partial charge in [-0.15, -0.1) is 0 Å². The van der Waals surface area contributed by atoms with Crippen LogP contribution in [0.2, 0.25) is 0 Å². The van der Waals surface area contributed by atoms with E-state index in [4.69, 9.17) is 9.79 Å². The highest BCUT2D eigenvalue weighted by Gasteiger charge is 2.18. The van der Waals surface area contributed by atoms with E-state index in [0.717, 1.165) is 0 Å². The molecule has 0 aromatic heterocycles. The fourth-order valence-corrected chi connectivity index (χ4v) is 1.66. The molecule has 1 aromatic carbocycles. The molecular weight excluding hydrogens is 243 g/mol. The summed E-state index contributed by atoms with van der Waals surface area (Å²) in [5.74, 6) is -0.249. The van der Waals surface area contributed by atoms with Gasteiger partial charge in [0.1, 0.15) is 0 Å². The lowest BCUT2D eigenvalue weighted by Crippen LogP contribution is -2.10. The average Bonchev–Trinajstić information content (AvgIpc) is 2.24. The van der Waals surface area contributed by atoms with Crippen molar-refractivity contribution in [3.05, 3.63) is 35.4 Å². The number of carbonyl (C=O) groups is 1. The maximum absolute atomic E-state index is 11.8. The standard InChI is InChI=1S/C11H15O5P/c1-8(2)11(12)10-6-4-3-5-9(10)7-16-17(13,14)15/h3-6,8H,7H2,1-2H3,(H2,13,14,15). The van der Waals surface area contributed by atoms with Gasteiger partial charge in [-0.1, -0.05) is 38.1 Å². The summed E-state index contributed by atoms with van der Waals surface area (Å²) < 4.78 is 15.0. The SMILES string of the molecule is CC(C)C(=O)c1ccccc1COP(=O)(O)O. The fraction of sp³-hybridized carbons (Fsp3) is 0.364. The Bertz CT molecular complexity index is 449. The first-order valence-corrected chi connectivity index (χ1v) is 6.66. The van der Waals surface area contributed by atoms with E-state index in [0.29, 0.717) is 11.1 Å². The number of ketones is 1. The van der Waals surface area contributed by atoms with Crippen molar-refractivity contribution in [1.82, 2.24) is 0 Å². The van der Waals surface area contributed by atoms with Crippen LogP contribution in [0.3, 0.4) is 0 Å². The van der Waals surface area contributed by atoms with Crippen molar-refractivity contribution in [2.24, 2.45) is 5.92 Å². The van der Waals surface area contributed by atoms with Crippen LogP contribution in [0.1, 0.15) is 29.8 Å². The molecule has 0 saturated carbocycles. The summed E-state index contributed by atoms with van der Waals surface area (Å²) in [6.45, 7) is 3.25. The molecule has 1 rings (SSSR count). The predicted octanol–water partition coefficient (Wildman–Crippen LogP) is 2.13. The highest BCUT2D eigenvalue weighted by atomic mass is 31.2. The number of phosphoric ester groups is 1. The van der Waals surface area contributed by atoms with Crippen LogP contribution in [0.5, 0.6) is 0 Å². The molecular formula is C11H15O5P. The van der Waals surface area contributed by atoms with Crippen LogP contribution < -0.4 is 0 Å². The third-order valence-corrected chi connectivity index (χ3v) is 2.66. The Labute approximate surface area is 99.7 Å². The summed E-state index contributed by atoms with van der Waals surface area (Å²) in [6, 6.07) is 6.64. The zero-order chi connectivity index (χ0) is 13.1. The van der Waals surface area contributed by atoms with E-state index in [1.165, 1.54) is 0 Å². The summed E-state index contributed by atoms with van der Waals surface area (Å²) in [5.41, 5.74) is 0.922. The number of Topliss-reactive ketones (excluding diaryl/α,β-unsaturated/α-hetero) is 1. The highest BCUT2D eigenvalue weighted by Crippen LogP contribution is 2.37. The van der Waals surface area contributed by atoms with Gasteiger partial charge in [-0.05, 0) is 5.56 Å². The molecule has 0 bridgehead atoms. The van der Waals surface area contributed by atoms with E-state index in [1.807, 2.05) is 0 Å². The third kappa shape index (κ3) is 4.40. The lowest BCUT2D eigenvalue weighted by molar-refractivity contribution is 0.0935. The topological polar surface area (TPSA) is 83.8 Å². The first kappa shape index (κ1) is 14.1. The molecule has 0 saturated heterocycles. The number of benzene rings is 1. The molecule has 0 aliphatic carbocycles. The zero-order valence-corrected chi connectivity index (χ0v) is 10.6. The van der Waals surface area contributed by atoms with Gasteiger partial charge in [0, 0.05) is 11.5 Å². The second-order valence-electron chi connectivity index (χ2n) is 3.94. The zero-order valence-electron chi connectivity index (χ0n) is 9.66. The van der Waals surface area contributed by atoms with Gasteiger partial charge in [0.2, 0.25) is 0 Å². The van der Waals surface area contributed by atoms with Gasteiger partial charge >= 0.3 is 7.82 Å². The monoisotopic (exact) mass is 258 g/mol. The van der Waals surface area contributed by atoms with E-state index in [9.17, 15) is 9.36 Å². The molecule has 0 spiro atoms. The maximum atomic E-state index is 11.8. The van der Waals surface area contributed by atoms with Crippen LogP contribution in [0.25, 0.3) is 0 Å². The van der Waals surface area contributed by atoms with E-state index in [-0.39, 0.29) is 18.3 Å². The molecule has 94 valence electrons. The van der Waals surface area contributed by atoms with Crippen LogP contribution in [0, 0.1) is 5.92 Å². The van der Waals surface area contributed by atoms with Gasteiger partial charge in [0.15, 0.2) is 5.78 Å². The molecule has 2 N–H and O–H groups in total. The molecule has 0 atom stereocenters. The van der Waals surface area contributed by atoms with E-state index in [2.05, 4.69) is 4.52 Å². The first-order valence-electron chi connectivity index (χ1n) is 5.13. The molecule has 0 aliphatic rings. The third-order valence-electron chi connectivity index (χ3n) is 2.20. The minimum absolute atomic E-state index is 0.0742. The van der Waals surface area contributed by atoms with Gasteiger partial charge in [0.25, 0.3) is 0 Å². The Morgan fingerprint density at radius 3 is 2.47 bits per heavy atom. The maximum Gasteiger partial charge on any atom is 0.469 e. The van der Waals surface area contributed by atoms with E-state index in [1.54, 1.807) is 38.1 Å². The lowest BCUT2D eigenvalue weighted by atomic mass is 9.97. The van der Waals surface area contributed by atoms with Gasteiger partial charge in [-0.25, -0.2) is 4.57 Å². The summed E-state index contributed by atoms with van der Waals surface area (Å²) in [5, 5.41) is 0. The van der Waals surface area contributed by atoms with E-state index >= 15 is 0 Å². The second-order valence-corrected chi connectivity index (χ2v) is 5.18. The van der Waals surface area contributed by atoms with Crippen LogP contribution in [0.15, 0.2) is 24.3 Å². The number of hydrogen-bond acceptors (Lipinski definition) is 3. The summed E-state index contributed by atoms with van der Waals surface area (Å²) >= 11 is 0. The van der Waals surface area contributed by atoms with Crippen molar-refractivity contribution in [3.8, 4) is 0 Å².